The number of hydrogen-bond donors (Lipinski definition) is 1. The van der Waals surface area contributed by atoms with E-state index in [1.807, 2.05) is 0 Å². The molecule has 1 aliphatic rings. The van der Waals surface area contributed by atoms with Crippen molar-refractivity contribution in [1.29, 1.82) is 5.26 Å². The summed E-state index contributed by atoms with van der Waals surface area (Å²) in [6.07, 6.45) is 1.54. The third-order valence-corrected chi connectivity index (χ3v) is 5.53. The molecule has 0 spiro atoms. The minimum Gasteiger partial charge on any atom is -0.467 e. The van der Waals surface area contributed by atoms with Gasteiger partial charge in [-0.15, -0.1) is 0 Å². The van der Waals surface area contributed by atoms with Crippen molar-refractivity contribution < 1.29 is 9.15 Å². The topological polar surface area (TPSA) is 94.2 Å². The molecule has 8 heteroatoms. The summed E-state index contributed by atoms with van der Waals surface area (Å²) in [6.45, 7) is 2.01. The molecule has 3 heterocycles. The Morgan fingerprint density at radius 1 is 1.21 bits per heavy atom. The van der Waals surface area contributed by atoms with E-state index in [9.17, 15) is 10.1 Å². The lowest BCUT2D eigenvalue weighted by Crippen LogP contribution is -2.33. The first-order valence-electron chi connectivity index (χ1n) is 8.70. The van der Waals surface area contributed by atoms with Crippen molar-refractivity contribution >= 4 is 23.2 Å². The first kappa shape index (κ1) is 19.2. The molecule has 0 amide bonds. The normalized spacial score (nSPS) is 15.6. The summed E-state index contributed by atoms with van der Waals surface area (Å²) >= 11 is 12.8. The van der Waals surface area contributed by atoms with E-state index in [1.54, 1.807) is 54.2 Å². The number of allylic oxidation sites excluding steroid dienone is 1. The summed E-state index contributed by atoms with van der Waals surface area (Å²) in [5.41, 5.74) is 7.09. The number of ether oxygens (including phenoxy) is 1. The Bertz CT molecular complexity index is 1220. The highest BCUT2D eigenvalue weighted by Crippen LogP contribution is 2.45. The zero-order valence-corrected chi connectivity index (χ0v) is 16.8. The predicted molar refractivity (Wildman–Crippen MR) is 109 cm³/mol. The number of rotatable bonds is 3. The Hall–Kier alpha value is -3.14. The summed E-state index contributed by atoms with van der Waals surface area (Å²) in [6, 6.07) is 12.3. The van der Waals surface area contributed by atoms with Crippen LogP contribution >= 0.6 is 23.2 Å². The number of aromatic nitrogens is 1. The fraction of sp³-hybridized carbons (Fsp3) is 0.143. The van der Waals surface area contributed by atoms with Crippen molar-refractivity contribution in [2.45, 2.75) is 19.4 Å². The SMILES string of the molecule is Cc1cc2c(c(=O)n1Cc1ccco1)[C@@H](c1c(Cl)cccc1Cl)C(C#N)=C(N)O2. The van der Waals surface area contributed by atoms with Crippen LogP contribution in [0.1, 0.15) is 28.5 Å². The van der Waals surface area contributed by atoms with Crippen LogP contribution < -0.4 is 16.0 Å². The molecule has 4 rings (SSSR count). The molecule has 0 radical (unpaired) electrons. The number of pyridine rings is 1. The monoisotopic (exact) mass is 427 g/mol. The van der Waals surface area contributed by atoms with Crippen molar-refractivity contribution in [1.82, 2.24) is 4.57 Å². The lowest BCUT2D eigenvalue weighted by atomic mass is 9.84. The maximum absolute atomic E-state index is 13.5. The smallest absolute Gasteiger partial charge is 0.259 e. The molecule has 29 heavy (non-hydrogen) atoms. The van der Waals surface area contributed by atoms with E-state index in [2.05, 4.69) is 6.07 Å². The van der Waals surface area contributed by atoms with Crippen LogP contribution in [-0.2, 0) is 6.54 Å². The van der Waals surface area contributed by atoms with Crippen molar-refractivity contribution in [3.05, 3.63) is 97.1 Å². The minimum atomic E-state index is -0.846. The molecule has 2 N–H and O–H groups in total. The van der Waals surface area contributed by atoms with Crippen LogP contribution in [0.15, 0.2) is 63.3 Å². The zero-order chi connectivity index (χ0) is 20.7. The van der Waals surface area contributed by atoms with Gasteiger partial charge in [0.15, 0.2) is 0 Å². The maximum Gasteiger partial charge on any atom is 0.259 e. The highest BCUT2D eigenvalue weighted by Gasteiger charge is 2.36. The van der Waals surface area contributed by atoms with Crippen molar-refractivity contribution in [2.24, 2.45) is 5.73 Å². The Morgan fingerprint density at radius 3 is 2.55 bits per heavy atom. The van der Waals surface area contributed by atoms with Gasteiger partial charge in [-0.2, -0.15) is 5.26 Å². The van der Waals surface area contributed by atoms with E-state index in [0.29, 0.717) is 27.1 Å². The summed E-state index contributed by atoms with van der Waals surface area (Å²) < 4.78 is 12.6. The molecule has 3 aromatic rings. The molecule has 146 valence electrons. The number of benzene rings is 1. The van der Waals surface area contributed by atoms with Crippen LogP contribution in [0.2, 0.25) is 10.0 Å². The second kappa shape index (κ2) is 7.36. The summed E-state index contributed by atoms with van der Waals surface area (Å²) in [7, 11) is 0. The van der Waals surface area contributed by atoms with E-state index < -0.39 is 5.92 Å². The van der Waals surface area contributed by atoms with E-state index >= 15 is 0 Å². The van der Waals surface area contributed by atoms with Crippen LogP contribution in [0, 0.1) is 18.3 Å². The van der Waals surface area contributed by atoms with Crippen LogP contribution in [0.25, 0.3) is 0 Å². The molecule has 2 aromatic heterocycles. The van der Waals surface area contributed by atoms with Gasteiger partial charge < -0.3 is 19.5 Å². The van der Waals surface area contributed by atoms with Gasteiger partial charge in [-0.05, 0) is 31.2 Å². The molecule has 0 saturated carbocycles. The van der Waals surface area contributed by atoms with Gasteiger partial charge in [0.2, 0.25) is 5.88 Å². The number of nitrogens with zero attached hydrogens (tertiary/aromatic N) is 2. The molecule has 1 aromatic carbocycles. The van der Waals surface area contributed by atoms with Crippen molar-refractivity contribution in [2.75, 3.05) is 0 Å². The second-order valence-corrected chi connectivity index (χ2v) is 7.41. The number of halogens is 2. The Morgan fingerprint density at radius 2 is 1.93 bits per heavy atom. The molecular weight excluding hydrogens is 413 g/mol. The fourth-order valence-electron chi connectivity index (χ4n) is 3.52. The molecule has 1 aliphatic heterocycles. The van der Waals surface area contributed by atoms with Gasteiger partial charge in [-0.3, -0.25) is 4.79 Å². The van der Waals surface area contributed by atoms with Crippen molar-refractivity contribution in [3.8, 4) is 11.8 Å². The molecule has 1 atom stereocenters. The molecule has 0 aliphatic carbocycles. The maximum atomic E-state index is 13.5. The number of furan rings is 1. The number of hydrogen-bond acceptors (Lipinski definition) is 5. The summed E-state index contributed by atoms with van der Waals surface area (Å²) in [5.74, 6) is -0.0279. The lowest BCUT2D eigenvalue weighted by Gasteiger charge is -2.28. The van der Waals surface area contributed by atoms with Crippen LogP contribution in [-0.4, -0.2) is 4.57 Å². The molecule has 6 nitrogen and oxygen atoms in total. The Balaban J connectivity index is 2.00. The van der Waals surface area contributed by atoms with E-state index in [1.165, 1.54) is 0 Å². The zero-order valence-electron chi connectivity index (χ0n) is 15.3. The Labute approximate surface area is 176 Å². The summed E-state index contributed by atoms with van der Waals surface area (Å²) in [5, 5.41) is 10.4. The standard InChI is InChI=1S/C21H15Cl2N3O3/c1-11-8-16-19(21(27)26(11)10-12-4-3-7-28-12)17(13(9-24)20(25)29-16)18-14(22)5-2-6-15(18)23/h2-8,17H,10,25H2,1H3/t17-/m1/s1. The second-order valence-electron chi connectivity index (χ2n) is 6.59. The first-order chi connectivity index (χ1) is 13.9. The molecule has 0 saturated heterocycles. The van der Waals surface area contributed by atoms with Crippen LogP contribution in [0.5, 0.6) is 5.75 Å². The fourth-order valence-corrected chi connectivity index (χ4v) is 4.13. The van der Waals surface area contributed by atoms with Crippen molar-refractivity contribution in [3.63, 3.8) is 0 Å². The third kappa shape index (κ3) is 3.19. The third-order valence-electron chi connectivity index (χ3n) is 4.87. The highest BCUT2D eigenvalue weighted by molar-refractivity contribution is 6.36. The average Bonchev–Trinajstić information content (AvgIpc) is 3.18. The molecule has 0 unspecified atom stereocenters. The van der Waals surface area contributed by atoms with Gasteiger partial charge in [0.05, 0.1) is 24.3 Å². The van der Waals surface area contributed by atoms with E-state index in [-0.39, 0.29) is 34.9 Å². The first-order valence-corrected chi connectivity index (χ1v) is 9.46. The van der Waals surface area contributed by atoms with Gasteiger partial charge >= 0.3 is 0 Å². The largest absolute Gasteiger partial charge is 0.467 e. The van der Waals surface area contributed by atoms with Gasteiger partial charge in [-0.25, -0.2) is 0 Å². The van der Waals surface area contributed by atoms with Gasteiger partial charge in [0.1, 0.15) is 23.2 Å². The Kier molecular flexibility index (Phi) is 4.87. The molecular formula is C21H15Cl2N3O3. The number of fused-ring (bicyclic) bond motifs is 1. The summed E-state index contributed by atoms with van der Waals surface area (Å²) in [4.78, 5) is 13.5. The molecule has 0 fully saturated rings. The van der Waals surface area contributed by atoms with Gasteiger partial charge in [0, 0.05) is 27.4 Å². The molecule has 0 bridgehead atoms. The van der Waals surface area contributed by atoms with Gasteiger partial charge in [0.25, 0.3) is 5.56 Å². The average molecular weight is 428 g/mol. The van der Waals surface area contributed by atoms with Crippen LogP contribution in [0.4, 0.5) is 0 Å². The quantitative estimate of drug-likeness (QED) is 0.671. The van der Waals surface area contributed by atoms with E-state index in [4.69, 9.17) is 38.1 Å². The number of aryl methyl sites for hydroxylation is 1. The predicted octanol–water partition coefficient (Wildman–Crippen LogP) is 4.32. The number of nitriles is 1. The number of nitrogens with two attached hydrogens (primary N) is 1. The van der Waals surface area contributed by atoms with Crippen LogP contribution in [0.3, 0.4) is 0 Å². The lowest BCUT2D eigenvalue weighted by molar-refractivity contribution is 0.387. The van der Waals surface area contributed by atoms with Gasteiger partial charge in [-0.1, -0.05) is 29.3 Å². The minimum absolute atomic E-state index is 0.0800. The van der Waals surface area contributed by atoms with E-state index in [0.717, 1.165) is 0 Å². The highest BCUT2D eigenvalue weighted by atomic mass is 35.5.